The minimum atomic E-state index is -0.305. The van der Waals surface area contributed by atoms with Gasteiger partial charge in [-0.15, -0.1) is 0 Å². The van der Waals surface area contributed by atoms with Gasteiger partial charge in [0.1, 0.15) is 6.61 Å². The highest BCUT2D eigenvalue weighted by molar-refractivity contribution is 5.29. The first-order valence-electron chi connectivity index (χ1n) is 5.09. The normalized spacial score (nSPS) is 8.88. The van der Waals surface area contributed by atoms with Crippen LogP contribution in [0.4, 0.5) is 4.39 Å². The summed E-state index contributed by atoms with van der Waals surface area (Å²) in [6.45, 7) is 2.83. The molecule has 0 unspecified atom stereocenters. The molecule has 0 saturated heterocycles. The van der Waals surface area contributed by atoms with Crippen molar-refractivity contribution >= 4 is 6.15 Å². The third kappa shape index (κ3) is 6.45. The Labute approximate surface area is 99.3 Å². The SMILES string of the molecule is CCc1ccc(OCCOC)c(F)c1.O=C=O. The van der Waals surface area contributed by atoms with E-state index in [-0.39, 0.29) is 12.0 Å². The Morgan fingerprint density at radius 2 is 1.94 bits per heavy atom. The van der Waals surface area contributed by atoms with Gasteiger partial charge in [0, 0.05) is 7.11 Å². The quantitative estimate of drug-likeness (QED) is 0.739. The molecule has 1 rings (SSSR count). The largest absolute Gasteiger partial charge is 0.488 e. The summed E-state index contributed by atoms with van der Waals surface area (Å²) in [5.41, 5.74) is 0.974. The van der Waals surface area contributed by atoms with Gasteiger partial charge in [-0.2, -0.15) is 9.59 Å². The lowest BCUT2D eigenvalue weighted by atomic mass is 10.1. The molecular weight excluding hydrogens is 227 g/mol. The Kier molecular flexibility index (Phi) is 8.55. The monoisotopic (exact) mass is 242 g/mol. The first-order chi connectivity index (χ1) is 8.19. The fourth-order valence-corrected chi connectivity index (χ4v) is 1.12. The van der Waals surface area contributed by atoms with E-state index in [0.717, 1.165) is 12.0 Å². The van der Waals surface area contributed by atoms with Crippen LogP contribution in [0.25, 0.3) is 0 Å². The number of benzene rings is 1. The van der Waals surface area contributed by atoms with Gasteiger partial charge in [-0.25, -0.2) is 4.39 Å². The van der Waals surface area contributed by atoms with Gasteiger partial charge in [0.05, 0.1) is 6.61 Å². The van der Waals surface area contributed by atoms with Gasteiger partial charge >= 0.3 is 6.15 Å². The molecule has 0 amide bonds. The highest BCUT2D eigenvalue weighted by Gasteiger charge is 2.03. The number of methoxy groups -OCH3 is 1. The van der Waals surface area contributed by atoms with Crippen LogP contribution in [0.15, 0.2) is 18.2 Å². The zero-order valence-electron chi connectivity index (χ0n) is 9.86. The van der Waals surface area contributed by atoms with Crippen molar-refractivity contribution in [1.29, 1.82) is 0 Å². The molecular formula is C12H15FO4. The average Bonchev–Trinajstić information content (AvgIpc) is 2.32. The standard InChI is InChI=1S/C11H15FO2.CO2/c1-3-9-4-5-11(10(12)8-9)14-7-6-13-2;2-1-3/h4-5,8H,3,6-7H2,1-2H3;. The first kappa shape index (κ1) is 15.3. The summed E-state index contributed by atoms with van der Waals surface area (Å²) < 4.78 is 23.3. The molecule has 1 aromatic carbocycles. The van der Waals surface area contributed by atoms with Crippen molar-refractivity contribution in [2.45, 2.75) is 13.3 Å². The van der Waals surface area contributed by atoms with E-state index < -0.39 is 0 Å². The smallest absolute Gasteiger partial charge is 0.373 e. The highest BCUT2D eigenvalue weighted by atomic mass is 19.1. The highest BCUT2D eigenvalue weighted by Crippen LogP contribution is 2.18. The molecule has 0 N–H and O–H groups in total. The molecule has 0 radical (unpaired) electrons. The zero-order chi connectivity index (χ0) is 13.1. The molecule has 0 heterocycles. The third-order valence-electron chi connectivity index (χ3n) is 1.95. The van der Waals surface area contributed by atoms with E-state index in [9.17, 15) is 4.39 Å². The van der Waals surface area contributed by atoms with E-state index in [1.54, 1.807) is 13.2 Å². The lowest BCUT2D eigenvalue weighted by Crippen LogP contribution is -2.05. The second-order valence-corrected chi connectivity index (χ2v) is 3.04. The van der Waals surface area contributed by atoms with Crippen molar-refractivity contribution in [2.24, 2.45) is 0 Å². The molecule has 0 fully saturated rings. The predicted molar refractivity (Wildman–Crippen MR) is 58.2 cm³/mol. The summed E-state index contributed by atoms with van der Waals surface area (Å²) in [6.07, 6.45) is 1.08. The minimum Gasteiger partial charge on any atom is -0.488 e. The summed E-state index contributed by atoms with van der Waals surface area (Å²) in [4.78, 5) is 16.2. The van der Waals surface area contributed by atoms with Gasteiger partial charge in [0.15, 0.2) is 11.6 Å². The van der Waals surface area contributed by atoms with Crippen molar-refractivity contribution in [3.63, 3.8) is 0 Å². The molecule has 0 aliphatic carbocycles. The summed E-state index contributed by atoms with van der Waals surface area (Å²) in [5.74, 6) is -0.0142. The van der Waals surface area contributed by atoms with Crippen LogP contribution in [0.2, 0.25) is 0 Å². The van der Waals surface area contributed by atoms with E-state index in [2.05, 4.69) is 0 Å². The predicted octanol–water partition coefficient (Wildman–Crippen LogP) is 1.83. The van der Waals surface area contributed by atoms with Crippen LogP contribution < -0.4 is 4.74 Å². The molecule has 0 aromatic heterocycles. The lowest BCUT2D eigenvalue weighted by Gasteiger charge is -2.07. The fraction of sp³-hybridized carbons (Fsp3) is 0.417. The van der Waals surface area contributed by atoms with Crippen LogP contribution in [0.5, 0.6) is 5.75 Å². The molecule has 0 atom stereocenters. The number of hydrogen-bond donors (Lipinski definition) is 0. The van der Waals surface area contributed by atoms with Gasteiger partial charge in [0.2, 0.25) is 0 Å². The van der Waals surface area contributed by atoms with Crippen LogP contribution in [0.3, 0.4) is 0 Å². The molecule has 4 nitrogen and oxygen atoms in total. The summed E-state index contributed by atoms with van der Waals surface area (Å²) in [6, 6.07) is 5.02. The second kappa shape index (κ2) is 9.51. The van der Waals surface area contributed by atoms with Crippen molar-refractivity contribution in [1.82, 2.24) is 0 Å². The average molecular weight is 242 g/mol. The second-order valence-electron chi connectivity index (χ2n) is 3.04. The van der Waals surface area contributed by atoms with Crippen molar-refractivity contribution < 1.29 is 23.5 Å². The number of ether oxygens (including phenoxy) is 2. The summed E-state index contributed by atoms with van der Waals surface area (Å²) in [7, 11) is 1.58. The molecule has 0 spiro atoms. The van der Waals surface area contributed by atoms with Gasteiger partial charge in [-0.1, -0.05) is 13.0 Å². The number of aryl methyl sites for hydroxylation is 1. The van der Waals surface area contributed by atoms with Crippen LogP contribution >= 0.6 is 0 Å². The zero-order valence-corrected chi connectivity index (χ0v) is 9.86. The van der Waals surface area contributed by atoms with Crippen LogP contribution in [-0.4, -0.2) is 26.5 Å². The van der Waals surface area contributed by atoms with Crippen LogP contribution in [0, 0.1) is 5.82 Å². The third-order valence-corrected chi connectivity index (χ3v) is 1.95. The molecule has 0 aliphatic rings. The van der Waals surface area contributed by atoms with Gasteiger partial charge in [-0.3, -0.25) is 0 Å². The minimum absolute atomic E-state index is 0.250. The van der Waals surface area contributed by atoms with Crippen LogP contribution in [0.1, 0.15) is 12.5 Å². The molecule has 94 valence electrons. The molecule has 1 aromatic rings. The Morgan fingerprint density at radius 3 is 2.41 bits per heavy atom. The topological polar surface area (TPSA) is 52.6 Å². The number of hydrogen-bond acceptors (Lipinski definition) is 4. The Balaban J connectivity index is 0.000000770. The van der Waals surface area contributed by atoms with Crippen molar-refractivity contribution in [3.8, 4) is 5.75 Å². The number of rotatable bonds is 5. The molecule has 5 heteroatoms. The van der Waals surface area contributed by atoms with E-state index in [1.807, 2.05) is 13.0 Å². The van der Waals surface area contributed by atoms with E-state index in [1.165, 1.54) is 6.07 Å². The van der Waals surface area contributed by atoms with E-state index >= 15 is 0 Å². The molecule has 0 saturated carbocycles. The summed E-state index contributed by atoms with van der Waals surface area (Å²) in [5, 5.41) is 0. The van der Waals surface area contributed by atoms with Gasteiger partial charge in [-0.05, 0) is 24.1 Å². The maximum atomic E-state index is 13.3. The van der Waals surface area contributed by atoms with E-state index in [4.69, 9.17) is 19.1 Å². The maximum absolute atomic E-state index is 13.3. The lowest BCUT2D eigenvalue weighted by molar-refractivity contribution is -0.191. The van der Waals surface area contributed by atoms with Crippen molar-refractivity contribution in [3.05, 3.63) is 29.6 Å². The molecule has 0 aliphatic heterocycles. The maximum Gasteiger partial charge on any atom is 0.373 e. The number of halogens is 1. The fourth-order valence-electron chi connectivity index (χ4n) is 1.12. The number of carbonyl (C=O) groups excluding carboxylic acids is 2. The molecule has 17 heavy (non-hydrogen) atoms. The van der Waals surface area contributed by atoms with Gasteiger partial charge < -0.3 is 9.47 Å². The Hall–Kier alpha value is -1.71. The molecule has 0 bridgehead atoms. The first-order valence-corrected chi connectivity index (χ1v) is 5.09. The van der Waals surface area contributed by atoms with Gasteiger partial charge in [0.25, 0.3) is 0 Å². The van der Waals surface area contributed by atoms with Crippen LogP contribution in [-0.2, 0) is 20.7 Å². The Bertz CT molecular complexity index is 360. The summed E-state index contributed by atoms with van der Waals surface area (Å²) >= 11 is 0. The van der Waals surface area contributed by atoms with Crippen molar-refractivity contribution in [2.75, 3.05) is 20.3 Å². The Morgan fingerprint density at radius 1 is 1.29 bits per heavy atom. The van der Waals surface area contributed by atoms with E-state index in [0.29, 0.717) is 19.0 Å².